The summed E-state index contributed by atoms with van der Waals surface area (Å²) >= 11 is 0. The molecule has 0 saturated carbocycles. The standard InChI is InChI=1S/C12H14N2O3/c1-13-11(15)10-7-14(10)12(16)17-8-9-5-3-2-4-6-9/h2-6,10H,7-8H2,1H3,(H,13,15). The molecule has 1 aliphatic heterocycles. The summed E-state index contributed by atoms with van der Waals surface area (Å²) in [6.07, 6.45) is -0.442. The number of nitrogens with one attached hydrogen (secondary N) is 1. The van der Waals surface area contributed by atoms with Crippen molar-refractivity contribution in [2.45, 2.75) is 12.6 Å². The van der Waals surface area contributed by atoms with Crippen LogP contribution >= 0.6 is 0 Å². The number of amides is 2. The molecule has 0 radical (unpaired) electrons. The molecule has 17 heavy (non-hydrogen) atoms. The number of hydrogen-bond donors (Lipinski definition) is 1. The largest absolute Gasteiger partial charge is 0.445 e. The molecule has 1 aromatic rings. The fourth-order valence-electron chi connectivity index (χ4n) is 1.53. The van der Waals surface area contributed by atoms with Gasteiger partial charge in [-0.05, 0) is 5.56 Å². The molecule has 1 fully saturated rings. The highest BCUT2D eigenvalue weighted by Gasteiger charge is 2.44. The number of nitrogens with zero attached hydrogens (tertiary/aromatic N) is 1. The topological polar surface area (TPSA) is 58.4 Å². The molecule has 2 amide bonds. The van der Waals surface area contributed by atoms with Crippen LogP contribution in [0.4, 0.5) is 4.79 Å². The van der Waals surface area contributed by atoms with Crippen molar-refractivity contribution in [1.82, 2.24) is 10.2 Å². The lowest BCUT2D eigenvalue weighted by atomic mass is 10.2. The van der Waals surface area contributed by atoms with Crippen LogP contribution in [0.2, 0.25) is 0 Å². The SMILES string of the molecule is CNC(=O)C1CN1C(=O)OCc1ccccc1. The zero-order valence-corrected chi connectivity index (χ0v) is 9.55. The van der Waals surface area contributed by atoms with E-state index in [1.54, 1.807) is 7.05 Å². The zero-order valence-electron chi connectivity index (χ0n) is 9.55. The van der Waals surface area contributed by atoms with Crippen molar-refractivity contribution in [3.8, 4) is 0 Å². The molecule has 0 spiro atoms. The average Bonchev–Trinajstić information content (AvgIpc) is 3.16. The third-order valence-corrected chi connectivity index (χ3v) is 2.60. The lowest BCUT2D eigenvalue weighted by Crippen LogP contribution is -2.28. The molecule has 1 saturated heterocycles. The smallest absolute Gasteiger partial charge is 0.410 e. The van der Waals surface area contributed by atoms with Crippen LogP contribution in [0.1, 0.15) is 5.56 Å². The third kappa shape index (κ3) is 2.75. The predicted octanol–water partition coefficient (Wildman–Crippen LogP) is 0.753. The molecular weight excluding hydrogens is 220 g/mol. The van der Waals surface area contributed by atoms with E-state index in [4.69, 9.17) is 4.74 Å². The summed E-state index contributed by atoms with van der Waals surface area (Å²) < 4.78 is 5.08. The molecule has 1 heterocycles. The highest BCUT2D eigenvalue weighted by Crippen LogP contribution is 2.19. The maximum Gasteiger partial charge on any atom is 0.410 e. The first kappa shape index (κ1) is 11.4. The molecule has 2 rings (SSSR count). The molecule has 90 valence electrons. The highest BCUT2D eigenvalue weighted by atomic mass is 16.6. The Morgan fingerprint density at radius 3 is 2.76 bits per heavy atom. The van der Waals surface area contributed by atoms with Gasteiger partial charge in [-0.15, -0.1) is 0 Å². The van der Waals surface area contributed by atoms with Gasteiger partial charge in [0.1, 0.15) is 12.6 Å². The minimum atomic E-state index is -0.442. The minimum Gasteiger partial charge on any atom is -0.445 e. The fourth-order valence-corrected chi connectivity index (χ4v) is 1.53. The second-order valence-electron chi connectivity index (χ2n) is 3.82. The third-order valence-electron chi connectivity index (χ3n) is 2.60. The van der Waals surface area contributed by atoms with Gasteiger partial charge in [0.15, 0.2) is 0 Å². The Hall–Kier alpha value is -2.04. The van der Waals surface area contributed by atoms with Gasteiger partial charge < -0.3 is 10.1 Å². The number of ether oxygens (including phenoxy) is 1. The Balaban J connectivity index is 1.78. The Labute approximate surface area is 99.4 Å². The summed E-state index contributed by atoms with van der Waals surface area (Å²) in [5.74, 6) is -0.151. The summed E-state index contributed by atoms with van der Waals surface area (Å²) in [6, 6.07) is 9.07. The number of benzene rings is 1. The zero-order chi connectivity index (χ0) is 12.3. The van der Waals surface area contributed by atoms with Gasteiger partial charge in [-0.2, -0.15) is 0 Å². The lowest BCUT2D eigenvalue weighted by molar-refractivity contribution is -0.120. The Kier molecular flexibility index (Phi) is 3.27. The van der Waals surface area contributed by atoms with E-state index in [-0.39, 0.29) is 18.6 Å². The van der Waals surface area contributed by atoms with Crippen molar-refractivity contribution >= 4 is 12.0 Å². The van der Waals surface area contributed by atoms with Crippen LogP contribution < -0.4 is 5.32 Å². The molecular formula is C12H14N2O3. The van der Waals surface area contributed by atoms with Crippen LogP contribution in [0, 0.1) is 0 Å². The quantitative estimate of drug-likeness (QED) is 0.785. The first-order valence-corrected chi connectivity index (χ1v) is 5.41. The van der Waals surface area contributed by atoms with Gasteiger partial charge >= 0.3 is 6.09 Å². The highest BCUT2D eigenvalue weighted by molar-refractivity contribution is 5.90. The first-order chi connectivity index (χ1) is 8.22. The van der Waals surface area contributed by atoms with Crippen molar-refractivity contribution in [3.05, 3.63) is 35.9 Å². The molecule has 0 aliphatic carbocycles. The summed E-state index contributed by atoms with van der Waals surface area (Å²) in [5.41, 5.74) is 0.930. The average molecular weight is 234 g/mol. The van der Waals surface area contributed by atoms with E-state index in [0.717, 1.165) is 5.56 Å². The maximum absolute atomic E-state index is 11.5. The van der Waals surface area contributed by atoms with Crippen molar-refractivity contribution in [1.29, 1.82) is 0 Å². The van der Waals surface area contributed by atoms with E-state index in [1.807, 2.05) is 30.3 Å². The van der Waals surface area contributed by atoms with Crippen molar-refractivity contribution in [2.24, 2.45) is 0 Å². The second kappa shape index (κ2) is 4.86. The molecule has 5 heteroatoms. The van der Waals surface area contributed by atoms with Crippen molar-refractivity contribution in [2.75, 3.05) is 13.6 Å². The fraction of sp³-hybridized carbons (Fsp3) is 0.333. The summed E-state index contributed by atoms with van der Waals surface area (Å²) in [4.78, 5) is 24.1. The molecule has 1 aliphatic rings. The Bertz CT molecular complexity index is 419. The van der Waals surface area contributed by atoms with Crippen LogP contribution in [0.3, 0.4) is 0 Å². The number of hydrogen-bond acceptors (Lipinski definition) is 3. The van der Waals surface area contributed by atoms with Crippen molar-refractivity contribution < 1.29 is 14.3 Å². The Morgan fingerprint density at radius 2 is 2.12 bits per heavy atom. The minimum absolute atomic E-state index is 0.151. The van der Waals surface area contributed by atoms with E-state index in [9.17, 15) is 9.59 Å². The summed E-state index contributed by atoms with van der Waals surface area (Å²) in [6.45, 7) is 0.671. The molecule has 1 aromatic carbocycles. The monoisotopic (exact) mass is 234 g/mol. The van der Waals surface area contributed by atoms with Gasteiger partial charge in [0.25, 0.3) is 0 Å². The van der Waals surface area contributed by atoms with Gasteiger partial charge in [-0.3, -0.25) is 9.69 Å². The van der Waals surface area contributed by atoms with Crippen LogP contribution in [0.5, 0.6) is 0 Å². The van der Waals surface area contributed by atoms with Crippen LogP contribution in [-0.2, 0) is 16.1 Å². The predicted molar refractivity (Wildman–Crippen MR) is 61.2 cm³/mol. The Morgan fingerprint density at radius 1 is 1.41 bits per heavy atom. The molecule has 0 aromatic heterocycles. The van der Waals surface area contributed by atoms with E-state index in [2.05, 4.69) is 5.32 Å². The van der Waals surface area contributed by atoms with E-state index in [0.29, 0.717) is 6.54 Å². The molecule has 1 N–H and O–H groups in total. The molecule has 1 atom stereocenters. The van der Waals surface area contributed by atoms with Crippen LogP contribution in [0.25, 0.3) is 0 Å². The molecule has 0 bridgehead atoms. The number of likely N-dealkylation sites (N-methyl/N-ethyl adjacent to an activating group) is 1. The number of rotatable bonds is 3. The maximum atomic E-state index is 11.5. The van der Waals surface area contributed by atoms with E-state index in [1.165, 1.54) is 4.90 Å². The van der Waals surface area contributed by atoms with Gasteiger partial charge in [0.05, 0.1) is 6.54 Å². The van der Waals surface area contributed by atoms with Crippen LogP contribution in [-0.4, -0.2) is 36.5 Å². The van der Waals surface area contributed by atoms with Gasteiger partial charge in [-0.1, -0.05) is 30.3 Å². The van der Waals surface area contributed by atoms with Gasteiger partial charge in [0, 0.05) is 7.05 Å². The summed E-state index contributed by atoms with van der Waals surface area (Å²) in [5, 5.41) is 2.50. The van der Waals surface area contributed by atoms with Gasteiger partial charge in [-0.25, -0.2) is 4.79 Å². The van der Waals surface area contributed by atoms with E-state index >= 15 is 0 Å². The van der Waals surface area contributed by atoms with Crippen LogP contribution in [0.15, 0.2) is 30.3 Å². The summed E-state index contributed by atoms with van der Waals surface area (Å²) in [7, 11) is 1.55. The molecule has 1 unspecified atom stereocenters. The second-order valence-corrected chi connectivity index (χ2v) is 3.82. The first-order valence-electron chi connectivity index (χ1n) is 5.41. The number of carbonyl (C=O) groups is 2. The number of carbonyl (C=O) groups excluding carboxylic acids is 2. The molecule has 5 nitrogen and oxygen atoms in total. The lowest BCUT2D eigenvalue weighted by Gasteiger charge is -2.06. The van der Waals surface area contributed by atoms with Crippen molar-refractivity contribution in [3.63, 3.8) is 0 Å². The van der Waals surface area contributed by atoms with E-state index < -0.39 is 6.09 Å². The van der Waals surface area contributed by atoms with Gasteiger partial charge in [0.2, 0.25) is 5.91 Å². The normalized spacial score (nSPS) is 17.5.